The summed E-state index contributed by atoms with van der Waals surface area (Å²) in [6, 6.07) is 6.06. The van der Waals surface area contributed by atoms with E-state index in [1.54, 1.807) is 5.32 Å². The van der Waals surface area contributed by atoms with E-state index in [2.05, 4.69) is 25.3 Å². The Morgan fingerprint density at radius 3 is 2.67 bits per heavy atom. The zero-order chi connectivity index (χ0) is 30.4. The quantitative estimate of drug-likeness (QED) is 0.276. The highest BCUT2D eigenvalue weighted by Crippen LogP contribution is 2.34. The van der Waals surface area contributed by atoms with Gasteiger partial charge >= 0.3 is 6.18 Å². The summed E-state index contributed by atoms with van der Waals surface area (Å²) >= 11 is 6.09. The van der Waals surface area contributed by atoms with Crippen LogP contribution < -0.4 is 10.6 Å². The van der Waals surface area contributed by atoms with E-state index >= 15 is 0 Å². The summed E-state index contributed by atoms with van der Waals surface area (Å²) in [7, 11) is 0. The van der Waals surface area contributed by atoms with Gasteiger partial charge in [-0.05, 0) is 23.8 Å². The molecule has 0 spiro atoms. The van der Waals surface area contributed by atoms with Crippen LogP contribution in [-0.4, -0.2) is 65.9 Å². The third-order valence-corrected chi connectivity index (χ3v) is 6.23. The number of carbonyl (C=O) groups excluding carboxylic acids is 1. The van der Waals surface area contributed by atoms with Crippen LogP contribution in [0.3, 0.4) is 0 Å². The fourth-order valence-corrected chi connectivity index (χ4v) is 4.24. The second kappa shape index (κ2) is 10.4. The lowest BCUT2D eigenvalue weighted by molar-refractivity contribution is -0.138. The number of rotatable bonds is 6. The van der Waals surface area contributed by atoms with Gasteiger partial charge in [0.2, 0.25) is 0 Å². The Morgan fingerprint density at radius 1 is 1.21 bits per heavy atom. The maximum absolute atomic E-state index is 13.0. The molecule has 15 heteroatoms. The van der Waals surface area contributed by atoms with Gasteiger partial charge in [0.05, 0.1) is 16.9 Å². The van der Waals surface area contributed by atoms with E-state index in [9.17, 15) is 28.2 Å². The number of ether oxygens (including phenoxy) is 1. The maximum atomic E-state index is 13.0. The Bertz CT molecular complexity index is 1620. The lowest BCUT2D eigenvalue weighted by Crippen LogP contribution is -2.41. The van der Waals surface area contributed by atoms with Gasteiger partial charge in [-0.3, -0.25) is 14.3 Å². The van der Waals surface area contributed by atoms with Crippen LogP contribution in [0.15, 0.2) is 49.1 Å². The van der Waals surface area contributed by atoms with E-state index in [1.165, 1.54) is 41.5 Å². The minimum absolute atomic E-state index is 0.0446. The van der Waals surface area contributed by atoms with Crippen molar-refractivity contribution in [2.45, 2.75) is 37.3 Å². The summed E-state index contributed by atoms with van der Waals surface area (Å²) < 4.78 is 67.3. The summed E-state index contributed by atoms with van der Waals surface area (Å²) in [5, 5.41) is 26.2. The molecule has 0 aliphatic carbocycles. The van der Waals surface area contributed by atoms with Crippen LogP contribution in [0.25, 0.3) is 22.6 Å². The number of aliphatic hydroxyl groups excluding tert-OH is 2. The van der Waals surface area contributed by atoms with Crippen molar-refractivity contribution in [3.63, 3.8) is 0 Å². The highest BCUT2D eigenvalue weighted by atomic mass is 35.5. The molecule has 0 radical (unpaired) electrons. The van der Waals surface area contributed by atoms with Crippen molar-refractivity contribution in [1.82, 2.24) is 29.8 Å². The van der Waals surface area contributed by atoms with Crippen molar-refractivity contribution in [2.24, 2.45) is 0 Å². The Hall–Kier alpha value is -3.85. The molecule has 1 fully saturated rings. The SMILES string of the molecule is [2H]C([2H])([2H])NC(=O)[C@H]1O[C@@H](n2cnc3c(NCc4ccc(C(F)(F)F)cc4)nc(-c4cncc(Cl)c4)nc32)[C@H](O)[C@@H]1O. The number of benzene rings is 1. The molecule has 1 amide bonds. The molecule has 39 heavy (non-hydrogen) atoms. The van der Waals surface area contributed by atoms with Crippen LogP contribution in [0.4, 0.5) is 19.0 Å². The number of alkyl halides is 3. The van der Waals surface area contributed by atoms with Gasteiger partial charge in [-0.25, -0.2) is 15.0 Å². The Morgan fingerprint density at radius 2 is 1.97 bits per heavy atom. The minimum Gasteiger partial charge on any atom is -0.387 e. The molecule has 4 N–H and O–H groups in total. The topological polar surface area (TPSA) is 147 Å². The first-order valence-electron chi connectivity index (χ1n) is 12.8. The van der Waals surface area contributed by atoms with Gasteiger partial charge in [0.1, 0.15) is 12.2 Å². The number of halogens is 4. The zero-order valence-electron chi connectivity index (χ0n) is 22.6. The smallest absolute Gasteiger partial charge is 0.387 e. The third kappa shape index (κ3) is 5.23. The average molecular weight is 567 g/mol. The third-order valence-electron chi connectivity index (χ3n) is 6.02. The molecule has 11 nitrogen and oxygen atoms in total. The standard InChI is InChI=1S/C24H21ClF3N7O4/c1-29-22(38)18-16(36)17(37)23(39-18)35-10-32-15-20(31-7-11-2-4-13(5-3-11)24(26,27)28)33-19(34-21(15)35)12-6-14(25)9-30-8-12/h2-6,8-10,16-18,23,36-37H,7H2,1H3,(H,29,38)(H,31,33,34)/t16-,17+,18-,23+/m0/s1/i1D3. The molecule has 4 heterocycles. The zero-order valence-corrected chi connectivity index (χ0v) is 20.4. The molecule has 4 atom stereocenters. The minimum atomic E-state index is -4.48. The van der Waals surface area contributed by atoms with Crippen molar-refractivity contribution in [1.29, 1.82) is 0 Å². The predicted molar refractivity (Wildman–Crippen MR) is 132 cm³/mol. The van der Waals surface area contributed by atoms with Gasteiger partial charge in [0.25, 0.3) is 5.91 Å². The molecule has 1 aliphatic heterocycles. The molecule has 0 unspecified atom stereocenters. The number of hydrogen-bond donors (Lipinski definition) is 4. The molecule has 3 aromatic heterocycles. The second-order valence-electron chi connectivity index (χ2n) is 8.58. The van der Waals surface area contributed by atoms with Gasteiger partial charge in [0.15, 0.2) is 35.1 Å². The molecule has 0 bridgehead atoms. The maximum Gasteiger partial charge on any atom is 0.416 e. The number of nitrogens with one attached hydrogen (secondary N) is 2. The number of hydrogen-bond acceptors (Lipinski definition) is 9. The number of pyridine rings is 1. The van der Waals surface area contributed by atoms with Crippen molar-refractivity contribution in [3.8, 4) is 11.4 Å². The number of likely N-dealkylation sites (N-methyl/N-ethyl adjacent to an activating group) is 1. The lowest BCUT2D eigenvalue weighted by atomic mass is 10.1. The molecular formula is C24H21ClF3N7O4. The van der Waals surface area contributed by atoms with Crippen molar-refractivity contribution >= 4 is 34.5 Å². The summed E-state index contributed by atoms with van der Waals surface area (Å²) in [5.41, 5.74) is 0.316. The van der Waals surface area contributed by atoms with Crippen molar-refractivity contribution < 1.29 is 37.0 Å². The monoisotopic (exact) mass is 566 g/mol. The Kier molecular flexibility index (Phi) is 6.14. The van der Waals surface area contributed by atoms with E-state index in [1.807, 2.05) is 0 Å². The van der Waals surface area contributed by atoms with Crippen molar-refractivity contribution in [2.75, 3.05) is 12.3 Å². The van der Waals surface area contributed by atoms with Crippen LogP contribution in [0.5, 0.6) is 0 Å². The van der Waals surface area contributed by atoms with E-state index in [0.717, 1.165) is 12.1 Å². The number of nitrogens with zero attached hydrogens (tertiary/aromatic N) is 5. The van der Waals surface area contributed by atoms with Crippen LogP contribution in [-0.2, 0) is 22.3 Å². The number of fused-ring (bicyclic) bond motifs is 1. The number of anilines is 1. The van der Waals surface area contributed by atoms with E-state index in [-0.39, 0.29) is 34.4 Å². The van der Waals surface area contributed by atoms with Gasteiger partial charge < -0.3 is 25.6 Å². The second-order valence-corrected chi connectivity index (χ2v) is 9.01. The van der Waals surface area contributed by atoms with Gasteiger partial charge in [-0.15, -0.1) is 0 Å². The molecule has 0 saturated carbocycles. The van der Waals surface area contributed by atoms with Gasteiger partial charge in [-0.2, -0.15) is 13.2 Å². The van der Waals surface area contributed by atoms with E-state index < -0.39 is 49.2 Å². The van der Waals surface area contributed by atoms with Crippen LogP contribution in [0.2, 0.25) is 5.02 Å². The number of aromatic nitrogens is 5. The van der Waals surface area contributed by atoms with Crippen LogP contribution >= 0.6 is 11.6 Å². The molecule has 5 rings (SSSR count). The Balaban J connectivity index is 1.51. The molecule has 1 saturated heterocycles. The number of amides is 1. The van der Waals surface area contributed by atoms with Gasteiger partial charge in [-0.1, -0.05) is 23.7 Å². The first-order chi connectivity index (χ1) is 19.7. The number of aliphatic hydroxyl groups is 2. The lowest BCUT2D eigenvalue weighted by Gasteiger charge is -2.17. The molecule has 1 aromatic carbocycles. The highest BCUT2D eigenvalue weighted by Gasteiger charge is 2.47. The van der Waals surface area contributed by atoms with E-state index in [0.29, 0.717) is 11.1 Å². The predicted octanol–water partition coefficient (Wildman–Crippen LogP) is 2.54. The fourth-order valence-electron chi connectivity index (χ4n) is 4.06. The fraction of sp³-hybridized carbons (Fsp3) is 0.292. The summed E-state index contributed by atoms with van der Waals surface area (Å²) in [4.78, 5) is 29.7. The normalized spacial score (nSPS) is 22.8. The molecule has 1 aliphatic rings. The number of carbonyl (C=O) groups is 1. The van der Waals surface area contributed by atoms with E-state index in [4.69, 9.17) is 20.5 Å². The Labute approximate surface area is 227 Å². The molecule has 204 valence electrons. The number of imidazole rings is 1. The van der Waals surface area contributed by atoms with Crippen LogP contribution in [0, 0.1) is 0 Å². The first kappa shape index (κ1) is 23.1. The van der Waals surface area contributed by atoms with Gasteiger partial charge in [0, 0.05) is 35.6 Å². The highest BCUT2D eigenvalue weighted by molar-refractivity contribution is 6.30. The van der Waals surface area contributed by atoms with Crippen molar-refractivity contribution in [3.05, 3.63) is 65.2 Å². The summed E-state index contributed by atoms with van der Waals surface area (Å²) in [6.07, 6.45) is -7.05. The summed E-state index contributed by atoms with van der Waals surface area (Å²) in [5.74, 6) is -0.912. The average Bonchev–Trinajstić information content (AvgIpc) is 3.46. The largest absolute Gasteiger partial charge is 0.416 e. The molecular weight excluding hydrogens is 543 g/mol. The first-order valence-corrected chi connectivity index (χ1v) is 11.7. The van der Waals surface area contributed by atoms with Crippen LogP contribution in [0.1, 0.15) is 21.5 Å². The summed E-state index contributed by atoms with van der Waals surface area (Å²) in [6.45, 7) is -2.81. The molecule has 4 aromatic rings.